The highest BCUT2D eigenvalue weighted by Gasteiger charge is 2.15. The number of thioether (sulfide) groups is 1. The van der Waals surface area contributed by atoms with Crippen LogP contribution in [0.1, 0.15) is 19.3 Å². The summed E-state index contributed by atoms with van der Waals surface area (Å²) in [5.74, 6) is 0.559. The maximum atomic E-state index is 10.8. The van der Waals surface area contributed by atoms with Crippen molar-refractivity contribution in [2.24, 2.45) is 0 Å². The van der Waals surface area contributed by atoms with Gasteiger partial charge >= 0.3 is 5.97 Å². The summed E-state index contributed by atoms with van der Waals surface area (Å²) in [6.45, 7) is 2.15. The third kappa shape index (κ3) is 3.84. The highest BCUT2D eigenvalue weighted by molar-refractivity contribution is 8.22. The molecule has 0 unspecified atom stereocenters. The molecule has 0 amide bonds. The standard InChI is InChI=1S/C9H15NO2S2/c1-12-8(11)4-7-14-9(13)10-5-2-3-6-10/h2-7H2,1H3. The summed E-state index contributed by atoms with van der Waals surface area (Å²) in [6.07, 6.45) is 2.91. The first-order chi connectivity index (χ1) is 6.74. The molecule has 3 nitrogen and oxygen atoms in total. The number of hydrogen-bond donors (Lipinski definition) is 0. The van der Waals surface area contributed by atoms with Crippen molar-refractivity contribution in [2.45, 2.75) is 19.3 Å². The van der Waals surface area contributed by atoms with E-state index in [1.165, 1.54) is 20.0 Å². The molecule has 1 aliphatic heterocycles. The molecule has 0 aromatic carbocycles. The fourth-order valence-corrected chi connectivity index (χ4v) is 2.56. The second-order valence-corrected chi connectivity index (χ2v) is 4.86. The Morgan fingerprint density at radius 2 is 2.14 bits per heavy atom. The van der Waals surface area contributed by atoms with Gasteiger partial charge in [-0.15, -0.1) is 0 Å². The molecule has 1 fully saturated rings. The number of methoxy groups -OCH3 is 1. The van der Waals surface area contributed by atoms with E-state index in [0.717, 1.165) is 23.2 Å². The second kappa shape index (κ2) is 6.24. The number of hydrogen-bond acceptors (Lipinski definition) is 4. The van der Waals surface area contributed by atoms with Crippen molar-refractivity contribution in [2.75, 3.05) is 26.0 Å². The van der Waals surface area contributed by atoms with Crippen LogP contribution in [-0.2, 0) is 9.53 Å². The van der Waals surface area contributed by atoms with E-state index in [-0.39, 0.29) is 5.97 Å². The number of rotatable bonds is 3. The third-order valence-electron chi connectivity index (χ3n) is 2.12. The Bertz CT molecular complexity index is 215. The number of nitrogens with zero attached hydrogens (tertiary/aromatic N) is 1. The molecule has 14 heavy (non-hydrogen) atoms. The van der Waals surface area contributed by atoms with Crippen molar-refractivity contribution in [3.8, 4) is 0 Å². The number of thiocarbonyl (C=S) groups is 1. The molecule has 1 heterocycles. The molecule has 1 aliphatic rings. The summed E-state index contributed by atoms with van der Waals surface area (Å²) in [5.41, 5.74) is 0. The van der Waals surface area contributed by atoms with Crippen LogP contribution in [0.15, 0.2) is 0 Å². The molecule has 0 saturated carbocycles. The minimum Gasteiger partial charge on any atom is -0.469 e. The smallest absolute Gasteiger partial charge is 0.306 e. The van der Waals surface area contributed by atoms with Gasteiger partial charge in [0.05, 0.1) is 13.5 Å². The fraction of sp³-hybridized carbons (Fsp3) is 0.778. The van der Waals surface area contributed by atoms with Gasteiger partial charge < -0.3 is 9.64 Å². The molecule has 1 saturated heterocycles. The molecule has 0 bridgehead atoms. The van der Waals surface area contributed by atoms with Gasteiger partial charge in [-0.2, -0.15) is 0 Å². The molecular weight excluding hydrogens is 218 g/mol. The predicted molar refractivity (Wildman–Crippen MR) is 62.5 cm³/mol. The lowest BCUT2D eigenvalue weighted by Gasteiger charge is -2.17. The topological polar surface area (TPSA) is 29.5 Å². The zero-order chi connectivity index (χ0) is 10.4. The lowest BCUT2D eigenvalue weighted by Crippen LogP contribution is -2.23. The highest BCUT2D eigenvalue weighted by Crippen LogP contribution is 2.16. The van der Waals surface area contributed by atoms with E-state index in [1.807, 2.05) is 0 Å². The first kappa shape index (κ1) is 11.8. The SMILES string of the molecule is COC(=O)CCSC(=S)N1CCCC1. The van der Waals surface area contributed by atoms with Gasteiger partial charge in [0, 0.05) is 18.8 Å². The molecule has 0 aliphatic carbocycles. The van der Waals surface area contributed by atoms with Gasteiger partial charge in [0.25, 0.3) is 0 Å². The Morgan fingerprint density at radius 1 is 1.50 bits per heavy atom. The van der Waals surface area contributed by atoms with Crippen LogP contribution in [0.3, 0.4) is 0 Å². The largest absolute Gasteiger partial charge is 0.469 e. The molecular formula is C9H15NO2S2. The van der Waals surface area contributed by atoms with E-state index >= 15 is 0 Å². The van der Waals surface area contributed by atoms with Crippen molar-refractivity contribution < 1.29 is 9.53 Å². The Balaban J connectivity index is 2.11. The van der Waals surface area contributed by atoms with E-state index in [0.29, 0.717) is 6.42 Å². The molecule has 0 atom stereocenters. The van der Waals surface area contributed by atoms with Crippen LogP contribution < -0.4 is 0 Å². The van der Waals surface area contributed by atoms with Gasteiger partial charge in [0.2, 0.25) is 0 Å². The Hall–Kier alpha value is -0.290. The maximum absolute atomic E-state index is 10.8. The van der Waals surface area contributed by atoms with E-state index < -0.39 is 0 Å². The summed E-state index contributed by atoms with van der Waals surface area (Å²) in [7, 11) is 1.41. The van der Waals surface area contributed by atoms with Gasteiger partial charge in [-0.3, -0.25) is 4.79 Å². The zero-order valence-electron chi connectivity index (χ0n) is 8.32. The molecule has 80 valence electrons. The number of ether oxygens (including phenoxy) is 1. The van der Waals surface area contributed by atoms with Crippen molar-refractivity contribution >= 4 is 34.3 Å². The van der Waals surface area contributed by atoms with Crippen molar-refractivity contribution in [3.05, 3.63) is 0 Å². The van der Waals surface area contributed by atoms with E-state index in [9.17, 15) is 4.79 Å². The zero-order valence-corrected chi connectivity index (χ0v) is 9.96. The minimum atomic E-state index is -0.165. The van der Waals surface area contributed by atoms with E-state index in [2.05, 4.69) is 9.64 Å². The maximum Gasteiger partial charge on any atom is 0.306 e. The third-order valence-corrected chi connectivity index (χ3v) is 3.65. The van der Waals surface area contributed by atoms with Gasteiger partial charge in [0.1, 0.15) is 4.32 Å². The molecule has 0 aromatic heterocycles. The second-order valence-electron chi connectivity index (χ2n) is 3.13. The highest BCUT2D eigenvalue weighted by atomic mass is 32.2. The summed E-state index contributed by atoms with van der Waals surface area (Å²) in [4.78, 5) is 13.0. The number of carbonyl (C=O) groups is 1. The average molecular weight is 233 g/mol. The van der Waals surface area contributed by atoms with E-state index in [1.54, 1.807) is 11.8 Å². The van der Waals surface area contributed by atoms with Gasteiger partial charge in [-0.1, -0.05) is 24.0 Å². The molecule has 1 rings (SSSR count). The van der Waals surface area contributed by atoms with Crippen molar-refractivity contribution in [1.82, 2.24) is 4.90 Å². The summed E-state index contributed by atoms with van der Waals surface area (Å²) in [5, 5.41) is 0. The number of likely N-dealkylation sites (tertiary alicyclic amines) is 1. The molecule has 0 N–H and O–H groups in total. The molecule has 0 spiro atoms. The Kier molecular flexibility index (Phi) is 5.25. The van der Waals surface area contributed by atoms with Crippen LogP contribution in [0.25, 0.3) is 0 Å². The summed E-state index contributed by atoms with van der Waals surface area (Å²) in [6, 6.07) is 0. The number of esters is 1. The normalized spacial score (nSPS) is 15.6. The first-order valence-corrected chi connectivity index (χ1v) is 6.12. The molecule has 0 radical (unpaired) electrons. The van der Waals surface area contributed by atoms with Crippen LogP contribution in [0.2, 0.25) is 0 Å². The van der Waals surface area contributed by atoms with E-state index in [4.69, 9.17) is 12.2 Å². The minimum absolute atomic E-state index is 0.165. The van der Waals surface area contributed by atoms with Crippen LogP contribution in [0.5, 0.6) is 0 Å². The Morgan fingerprint density at radius 3 is 2.71 bits per heavy atom. The van der Waals surface area contributed by atoms with Crippen molar-refractivity contribution in [1.29, 1.82) is 0 Å². The van der Waals surface area contributed by atoms with Crippen LogP contribution in [0.4, 0.5) is 0 Å². The van der Waals surface area contributed by atoms with Crippen LogP contribution in [-0.4, -0.2) is 41.1 Å². The van der Waals surface area contributed by atoms with Crippen LogP contribution >= 0.6 is 24.0 Å². The molecule has 5 heteroatoms. The quantitative estimate of drug-likeness (QED) is 0.546. The summed E-state index contributed by atoms with van der Waals surface area (Å²) < 4.78 is 5.47. The average Bonchev–Trinajstić information content (AvgIpc) is 2.70. The molecule has 0 aromatic rings. The fourth-order valence-electron chi connectivity index (χ4n) is 1.31. The van der Waals surface area contributed by atoms with Crippen LogP contribution in [0, 0.1) is 0 Å². The first-order valence-electron chi connectivity index (χ1n) is 4.72. The Labute approximate surface area is 94.2 Å². The lowest BCUT2D eigenvalue weighted by molar-refractivity contribution is -0.140. The predicted octanol–water partition coefficient (Wildman–Crippen LogP) is 1.66. The van der Waals surface area contributed by atoms with Gasteiger partial charge in [-0.25, -0.2) is 0 Å². The van der Waals surface area contributed by atoms with Crippen molar-refractivity contribution in [3.63, 3.8) is 0 Å². The monoisotopic (exact) mass is 233 g/mol. The number of carbonyl (C=O) groups excluding carboxylic acids is 1. The van der Waals surface area contributed by atoms with Gasteiger partial charge in [-0.05, 0) is 12.8 Å². The van der Waals surface area contributed by atoms with Gasteiger partial charge in [0.15, 0.2) is 0 Å². The lowest BCUT2D eigenvalue weighted by atomic mass is 10.4. The summed E-state index contributed by atoms with van der Waals surface area (Å²) >= 11 is 6.81.